The van der Waals surface area contributed by atoms with Crippen LogP contribution >= 0.6 is 11.6 Å². The summed E-state index contributed by atoms with van der Waals surface area (Å²) < 4.78 is 0. The van der Waals surface area contributed by atoms with Gasteiger partial charge in [0.15, 0.2) is 0 Å². The number of hydrogen-bond acceptors (Lipinski definition) is 1. The van der Waals surface area contributed by atoms with Gasteiger partial charge in [-0.05, 0) is 24.1 Å². The highest BCUT2D eigenvalue weighted by Gasteiger charge is 1.95. The average Bonchev–Trinajstić information content (AvgIpc) is 1.88. The maximum Gasteiger partial charge on any atom is 0.0453 e. The molecular weight excluding hydrogens is 146 g/mol. The molecule has 0 bridgehead atoms. The van der Waals surface area contributed by atoms with Gasteiger partial charge >= 0.3 is 0 Å². The summed E-state index contributed by atoms with van der Waals surface area (Å²) >= 11 is 5.85. The Morgan fingerprint density at radius 1 is 1.50 bits per heavy atom. The van der Waals surface area contributed by atoms with Crippen molar-refractivity contribution in [3.05, 3.63) is 34.3 Å². The summed E-state index contributed by atoms with van der Waals surface area (Å²) in [7, 11) is 0. The van der Waals surface area contributed by atoms with Crippen LogP contribution in [0.1, 0.15) is 11.1 Å². The first-order valence-corrected chi connectivity index (χ1v) is 3.57. The fourth-order valence-corrected chi connectivity index (χ4v) is 1.13. The molecule has 0 spiro atoms. The normalized spacial score (nSPS) is 9.90. The summed E-state index contributed by atoms with van der Waals surface area (Å²) in [5.74, 6) is 0. The Labute approximate surface area is 65.8 Å². The minimum Gasteiger partial charge on any atom is -0.326 e. The van der Waals surface area contributed by atoms with Crippen molar-refractivity contribution in [3.8, 4) is 0 Å². The van der Waals surface area contributed by atoms with Crippen LogP contribution in [0.5, 0.6) is 0 Å². The van der Waals surface area contributed by atoms with Crippen molar-refractivity contribution in [1.82, 2.24) is 0 Å². The summed E-state index contributed by atoms with van der Waals surface area (Å²) in [6.45, 7) is 2.52. The number of hydrogen-bond donors (Lipinski definition) is 1. The number of halogens is 1. The van der Waals surface area contributed by atoms with E-state index >= 15 is 0 Å². The predicted molar refractivity (Wildman–Crippen MR) is 44.1 cm³/mol. The largest absolute Gasteiger partial charge is 0.326 e. The van der Waals surface area contributed by atoms with E-state index in [1.54, 1.807) is 0 Å². The van der Waals surface area contributed by atoms with Gasteiger partial charge in [-0.3, -0.25) is 0 Å². The van der Waals surface area contributed by atoms with E-state index in [-0.39, 0.29) is 0 Å². The first-order valence-electron chi connectivity index (χ1n) is 3.19. The molecule has 0 atom stereocenters. The molecule has 10 heavy (non-hydrogen) atoms. The topological polar surface area (TPSA) is 26.0 Å². The summed E-state index contributed by atoms with van der Waals surface area (Å²) in [6.07, 6.45) is 0. The van der Waals surface area contributed by atoms with Crippen LogP contribution in [0.2, 0.25) is 5.02 Å². The summed E-state index contributed by atoms with van der Waals surface area (Å²) in [6, 6.07) is 5.88. The lowest BCUT2D eigenvalue weighted by molar-refractivity contribution is 1.07. The van der Waals surface area contributed by atoms with Crippen LogP contribution in [-0.4, -0.2) is 0 Å². The molecule has 0 radical (unpaired) electrons. The molecule has 1 nitrogen and oxygen atoms in total. The van der Waals surface area contributed by atoms with Crippen molar-refractivity contribution in [2.75, 3.05) is 0 Å². The first kappa shape index (κ1) is 7.58. The molecule has 0 aromatic heterocycles. The molecule has 0 aliphatic heterocycles. The highest BCUT2D eigenvalue weighted by molar-refractivity contribution is 6.31. The van der Waals surface area contributed by atoms with Crippen LogP contribution in [0.15, 0.2) is 18.2 Å². The van der Waals surface area contributed by atoms with E-state index in [2.05, 4.69) is 0 Å². The third kappa shape index (κ3) is 1.49. The van der Waals surface area contributed by atoms with Gasteiger partial charge in [-0.2, -0.15) is 0 Å². The molecule has 54 valence electrons. The monoisotopic (exact) mass is 155 g/mol. The minimum atomic E-state index is 0.513. The molecule has 1 aromatic carbocycles. The van der Waals surface area contributed by atoms with E-state index in [9.17, 15) is 0 Å². The van der Waals surface area contributed by atoms with Gasteiger partial charge in [0.25, 0.3) is 0 Å². The molecule has 0 aliphatic carbocycles. The quantitative estimate of drug-likeness (QED) is 0.661. The zero-order chi connectivity index (χ0) is 7.56. The van der Waals surface area contributed by atoms with Gasteiger partial charge in [0.05, 0.1) is 0 Å². The highest BCUT2D eigenvalue weighted by atomic mass is 35.5. The van der Waals surface area contributed by atoms with Gasteiger partial charge < -0.3 is 5.73 Å². The average molecular weight is 156 g/mol. The van der Waals surface area contributed by atoms with E-state index in [4.69, 9.17) is 17.3 Å². The molecular formula is C8H10ClN. The second-order valence-corrected chi connectivity index (χ2v) is 2.71. The lowest BCUT2D eigenvalue weighted by Crippen LogP contribution is -1.96. The maximum atomic E-state index is 5.85. The zero-order valence-electron chi connectivity index (χ0n) is 5.89. The summed E-state index contributed by atoms with van der Waals surface area (Å²) in [4.78, 5) is 0. The van der Waals surface area contributed by atoms with Gasteiger partial charge in [0, 0.05) is 11.6 Å². The van der Waals surface area contributed by atoms with E-state index < -0.39 is 0 Å². The van der Waals surface area contributed by atoms with E-state index in [0.29, 0.717) is 6.54 Å². The molecule has 0 heterocycles. The van der Waals surface area contributed by atoms with Crippen LogP contribution in [0.25, 0.3) is 0 Å². The van der Waals surface area contributed by atoms with Gasteiger partial charge in [0.1, 0.15) is 0 Å². The number of rotatable bonds is 1. The molecule has 2 heteroatoms. The van der Waals surface area contributed by atoms with Crippen LogP contribution in [0.4, 0.5) is 0 Å². The second-order valence-electron chi connectivity index (χ2n) is 2.30. The highest BCUT2D eigenvalue weighted by Crippen LogP contribution is 2.16. The van der Waals surface area contributed by atoms with E-state index in [1.807, 2.05) is 25.1 Å². The Morgan fingerprint density at radius 3 is 2.70 bits per heavy atom. The predicted octanol–water partition coefficient (Wildman–Crippen LogP) is 2.11. The van der Waals surface area contributed by atoms with Crippen molar-refractivity contribution < 1.29 is 0 Å². The van der Waals surface area contributed by atoms with Crippen molar-refractivity contribution in [3.63, 3.8) is 0 Å². The Balaban J connectivity index is 3.07. The smallest absolute Gasteiger partial charge is 0.0453 e. The second kappa shape index (κ2) is 3.04. The van der Waals surface area contributed by atoms with Crippen LogP contribution in [0, 0.1) is 6.92 Å². The van der Waals surface area contributed by atoms with Crippen molar-refractivity contribution >= 4 is 11.6 Å². The minimum absolute atomic E-state index is 0.513. The fraction of sp³-hybridized carbons (Fsp3) is 0.250. The molecule has 0 aliphatic rings. The fourth-order valence-electron chi connectivity index (χ4n) is 0.818. The van der Waals surface area contributed by atoms with Gasteiger partial charge in [-0.15, -0.1) is 0 Å². The lowest BCUT2D eigenvalue weighted by Gasteiger charge is -2.00. The third-order valence-corrected chi connectivity index (χ3v) is 1.78. The third-order valence-electron chi connectivity index (χ3n) is 1.43. The maximum absolute atomic E-state index is 5.85. The molecule has 0 saturated heterocycles. The molecule has 1 rings (SSSR count). The van der Waals surface area contributed by atoms with Crippen LogP contribution in [0.3, 0.4) is 0 Å². The Morgan fingerprint density at radius 2 is 2.20 bits per heavy atom. The Hall–Kier alpha value is -0.530. The van der Waals surface area contributed by atoms with Crippen molar-refractivity contribution in [2.24, 2.45) is 5.73 Å². The van der Waals surface area contributed by atoms with E-state index in [1.165, 1.54) is 5.56 Å². The number of benzene rings is 1. The van der Waals surface area contributed by atoms with Crippen LogP contribution < -0.4 is 5.73 Å². The Kier molecular flexibility index (Phi) is 2.30. The van der Waals surface area contributed by atoms with Gasteiger partial charge in [-0.25, -0.2) is 0 Å². The SMILES string of the molecule is Cc1ccc(CN)c(Cl)c1. The summed E-state index contributed by atoms with van der Waals surface area (Å²) in [5, 5.41) is 0.766. The summed E-state index contributed by atoms with van der Waals surface area (Å²) in [5.41, 5.74) is 7.59. The van der Waals surface area contributed by atoms with Crippen molar-refractivity contribution in [2.45, 2.75) is 13.5 Å². The van der Waals surface area contributed by atoms with E-state index in [0.717, 1.165) is 10.6 Å². The Bertz CT molecular complexity index is 233. The molecule has 1 aromatic rings. The van der Waals surface area contributed by atoms with Crippen molar-refractivity contribution in [1.29, 1.82) is 0 Å². The molecule has 0 amide bonds. The number of aryl methyl sites for hydroxylation is 1. The molecule has 2 N–H and O–H groups in total. The molecule has 0 saturated carbocycles. The van der Waals surface area contributed by atoms with Gasteiger partial charge in [0.2, 0.25) is 0 Å². The molecule has 0 fully saturated rings. The van der Waals surface area contributed by atoms with Crippen LogP contribution in [-0.2, 0) is 6.54 Å². The zero-order valence-corrected chi connectivity index (χ0v) is 6.65. The molecule has 0 unspecified atom stereocenters. The lowest BCUT2D eigenvalue weighted by atomic mass is 10.1. The standard InChI is InChI=1S/C8H10ClN/c1-6-2-3-7(5-10)8(9)4-6/h2-4H,5,10H2,1H3. The van der Waals surface area contributed by atoms with Gasteiger partial charge in [-0.1, -0.05) is 23.7 Å². The first-order chi connectivity index (χ1) is 4.74. The number of nitrogens with two attached hydrogens (primary N) is 1.